The predicted molar refractivity (Wildman–Crippen MR) is 67.5 cm³/mol. The van der Waals surface area contributed by atoms with Gasteiger partial charge >= 0.3 is 6.18 Å². The maximum atomic E-state index is 12.6. The van der Waals surface area contributed by atoms with E-state index in [4.69, 9.17) is 10.8 Å². The predicted octanol–water partition coefficient (Wildman–Crippen LogP) is 2.07. The summed E-state index contributed by atoms with van der Waals surface area (Å²) in [6.07, 6.45) is -3.83. The van der Waals surface area contributed by atoms with Gasteiger partial charge in [0.05, 0.1) is 5.56 Å². The first-order valence-electron chi connectivity index (χ1n) is 6.12. The summed E-state index contributed by atoms with van der Waals surface area (Å²) in [7, 11) is 0. The normalized spacial score (nSPS) is 15.3. The molecule has 3 nitrogen and oxygen atoms in total. The van der Waals surface area contributed by atoms with Crippen molar-refractivity contribution in [3.63, 3.8) is 0 Å². The molecule has 19 heavy (non-hydrogen) atoms. The van der Waals surface area contributed by atoms with Crippen LogP contribution in [0.5, 0.6) is 0 Å². The Morgan fingerprint density at radius 3 is 2.58 bits per heavy atom. The van der Waals surface area contributed by atoms with Gasteiger partial charge in [0.1, 0.15) is 0 Å². The average Bonchev–Trinajstić information content (AvgIpc) is 2.35. The van der Waals surface area contributed by atoms with Gasteiger partial charge in [-0.3, -0.25) is 0 Å². The summed E-state index contributed by atoms with van der Waals surface area (Å²) in [5.74, 6) is 0. The highest BCUT2D eigenvalue weighted by Gasteiger charge is 2.30. The van der Waals surface area contributed by atoms with Gasteiger partial charge in [-0.25, -0.2) is 0 Å². The topological polar surface area (TPSA) is 58.3 Å². The third kappa shape index (κ3) is 4.81. The molecule has 1 aromatic carbocycles. The Kier molecular flexibility index (Phi) is 5.78. The molecule has 4 N–H and O–H groups in total. The molecule has 2 atom stereocenters. The van der Waals surface area contributed by atoms with E-state index in [9.17, 15) is 13.2 Å². The minimum absolute atomic E-state index is 0.0203. The van der Waals surface area contributed by atoms with Crippen molar-refractivity contribution in [2.75, 3.05) is 13.2 Å². The van der Waals surface area contributed by atoms with E-state index in [2.05, 4.69) is 5.32 Å². The van der Waals surface area contributed by atoms with E-state index in [0.29, 0.717) is 12.0 Å². The molecule has 0 aliphatic rings. The quantitative estimate of drug-likeness (QED) is 0.745. The van der Waals surface area contributed by atoms with Crippen molar-refractivity contribution in [3.05, 3.63) is 35.4 Å². The lowest BCUT2D eigenvalue weighted by atomic mass is 10.0. The van der Waals surface area contributed by atoms with Crippen LogP contribution in [0.2, 0.25) is 0 Å². The van der Waals surface area contributed by atoms with E-state index in [1.807, 2.05) is 6.92 Å². The second kappa shape index (κ2) is 6.88. The van der Waals surface area contributed by atoms with Crippen molar-refractivity contribution in [1.29, 1.82) is 0 Å². The van der Waals surface area contributed by atoms with Crippen LogP contribution in [0.3, 0.4) is 0 Å². The molecule has 108 valence electrons. The Morgan fingerprint density at radius 1 is 1.37 bits per heavy atom. The lowest BCUT2D eigenvalue weighted by Gasteiger charge is -2.22. The zero-order valence-corrected chi connectivity index (χ0v) is 10.7. The van der Waals surface area contributed by atoms with Crippen LogP contribution in [-0.4, -0.2) is 24.3 Å². The van der Waals surface area contributed by atoms with Crippen molar-refractivity contribution >= 4 is 0 Å². The number of aliphatic hydroxyl groups is 1. The minimum Gasteiger partial charge on any atom is -0.396 e. The summed E-state index contributed by atoms with van der Waals surface area (Å²) in [5.41, 5.74) is 5.42. The van der Waals surface area contributed by atoms with Crippen LogP contribution in [0.15, 0.2) is 24.3 Å². The molecule has 0 saturated heterocycles. The second-order valence-corrected chi connectivity index (χ2v) is 4.49. The first kappa shape index (κ1) is 15.9. The number of hydrogen-bond acceptors (Lipinski definition) is 3. The third-order valence-electron chi connectivity index (χ3n) is 2.90. The molecular formula is C13H19F3N2O. The summed E-state index contributed by atoms with van der Waals surface area (Å²) in [6.45, 7) is 2.07. The molecule has 1 rings (SSSR count). The molecule has 0 saturated carbocycles. The maximum Gasteiger partial charge on any atom is 0.416 e. The Balaban J connectivity index is 2.87. The molecule has 0 heterocycles. The standard InChI is InChI=1S/C13H19F3N2O/c1-9(5-6-19)18-12(8-17)10-3-2-4-11(7-10)13(14,15)16/h2-4,7,9,12,18-19H,5-6,8,17H2,1H3. The lowest BCUT2D eigenvalue weighted by molar-refractivity contribution is -0.137. The van der Waals surface area contributed by atoms with E-state index in [-0.39, 0.29) is 25.2 Å². The number of alkyl halides is 3. The fourth-order valence-electron chi connectivity index (χ4n) is 1.85. The van der Waals surface area contributed by atoms with Gasteiger partial charge < -0.3 is 16.2 Å². The Labute approximate surface area is 110 Å². The average molecular weight is 276 g/mol. The van der Waals surface area contributed by atoms with E-state index in [0.717, 1.165) is 12.1 Å². The zero-order valence-electron chi connectivity index (χ0n) is 10.7. The van der Waals surface area contributed by atoms with Gasteiger partial charge in [0.15, 0.2) is 0 Å². The molecule has 0 aromatic heterocycles. The summed E-state index contributed by atoms with van der Waals surface area (Å²) in [6, 6.07) is 4.76. The molecule has 2 unspecified atom stereocenters. The number of halogens is 3. The SMILES string of the molecule is CC(CCO)NC(CN)c1cccc(C(F)(F)F)c1. The fraction of sp³-hybridized carbons (Fsp3) is 0.538. The van der Waals surface area contributed by atoms with Crippen LogP contribution in [0.4, 0.5) is 13.2 Å². The Hall–Kier alpha value is -1.11. The highest BCUT2D eigenvalue weighted by atomic mass is 19.4. The van der Waals surface area contributed by atoms with Crippen molar-refractivity contribution in [2.45, 2.75) is 31.6 Å². The molecule has 0 radical (unpaired) electrons. The number of benzene rings is 1. The highest BCUT2D eigenvalue weighted by Crippen LogP contribution is 2.30. The lowest BCUT2D eigenvalue weighted by Crippen LogP contribution is -2.35. The summed E-state index contributed by atoms with van der Waals surface area (Å²) in [4.78, 5) is 0. The second-order valence-electron chi connectivity index (χ2n) is 4.49. The molecule has 0 spiro atoms. The number of rotatable bonds is 6. The van der Waals surface area contributed by atoms with Crippen LogP contribution in [0, 0.1) is 0 Å². The van der Waals surface area contributed by atoms with Gasteiger partial charge in [-0.05, 0) is 31.0 Å². The van der Waals surface area contributed by atoms with Gasteiger partial charge in [-0.1, -0.05) is 12.1 Å². The summed E-state index contributed by atoms with van der Waals surface area (Å²) < 4.78 is 37.9. The number of hydrogen-bond donors (Lipinski definition) is 3. The summed E-state index contributed by atoms with van der Waals surface area (Å²) in [5, 5.41) is 11.9. The van der Waals surface area contributed by atoms with Crippen LogP contribution in [-0.2, 0) is 6.18 Å². The molecule has 0 fully saturated rings. The van der Waals surface area contributed by atoms with Crippen LogP contribution in [0.25, 0.3) is 0 Å². The minimum atomic E-state index is -4.36. The number of aliphatic hydroxyl groups excluding tert-OH is 1. The third-order valence-corrected chi connectivity index (χ3v) is 2.90. The monoisotopic (exact) mass is 276 g/mol. The van der Waals surface area contributed by atoms with E-state index in [1.165, 1.54) is 6.07 Å². The van der Waals surface area contributed by atoms with Gasteiger partial charge in [-0.2, -0.15) is 13.2 Å². The summed E-state index contributed by atoms with van der Waals surface area (Å²) >= 11 is 0. The number of nitrogens with two attached hydrogens (primary N) is 1. The first-order chi connectivity index (χ1) is 8.88. The molecule has 0 aliphatic carbocycles. The molecule has 1 aromatic rings. The molecule has 0 amide bonds. The molecular weight excluding hydrogens is 257 g/mol. The van der Waals surface area contributed by atoms with Crippen LogP contribution < -0.4 is 11.1 Å². The smallest absolute Gasteiger partial charge is 0.396 e. The Morgan fingerprint density at radius 2 is 2.05 bits per heavy atom. The fourth-order valence-corrected chi connectivity index (χ4v) is 1.85. The zero-order chi connectivity index (χ0) is 14.5. The van der Waals surface area contributed by atoms with E-state index in [1.54, 1.807) is 6.07 Å². The van der Waals surface area contributed by atoms with Crippen molar-refractivity contribution in [1.82, 2.24) is 5.32 Å². The largest absolute Gasteiger partial charge is 0.416 e. The molecule has 0 aliphatic heterocycles. The first-order valence-corrected chi connectivity index (χ1v) is 6.12. The van der Waals surface area contributed by atoms with Gasteiger partial charge in [0.2, 0.25) is 0 Å². The van der Waals surface area contributed by atoms with Crippen molar-refractivity contribution in [3.8, 4) is 0 Å². The number of nitrogens with one attached hydrogen (secondary N) is 1. The molecule has 6 heteroatoms. The van der Waals surface area contributed by atoms with Crippen LogP contribution in [0.1, 0.15) is 30.5 Å². The van der Waals surface area contributed by atoms with E-state index >= 15 is 0 Å². The van der Waals surface area contributed by atoms with E-state index < -0.39 is 11.7 Å². The van der Waals surface area contributed by atoms with Crippen molar-refractivity contribution in [2.24, 2.45) is 5.73 Å². The van der Waals surface area contributed by atoms with Crippen LogP contribution >= 0.6 is 0 Å². The maximum absolute atomic E-state index is 12.6. The molecule has 0 bridgehead atoms. The van der Waals surface area contributed by atoms with Crippen molar-refractivity contribution < 1.29 is 18.3 Å². The van der Waals surface area contributed by atoms with Gasteiger partial charge in [-0.15, -0.1) is 0 Å². The highest BCUT2D eigenvalue weighted by molar-refractivity contribution is 5.28. The van der Waals surface area contributed by atoms with Gasteiger partial charge in [0.25, 0.3) is 0 Å². The van der Waals surface area contributed by atoms with Gasteiger partial charge in [0, 0.05) is 25.2 Å². The Bertz CT molecular complexity index is 396.